The van der Waals surface area contributed by atoms with Crippen LogP contribution >= 0.6 is 0 Å². The molecule has 156 valence electrons. The molecule has 2 aromatic carbocycles. The second-order valence-corrected chi connectivity index (χ2v) is 6.49. The Morgan fingerprint density at radius 1 is 1.00 bits per heavy atom. The number of phenolic OH excluding ortho intramolecular Hbond substituents is 1. The van der Waals surface area contributed by atoms with E-state index in [4.69, 9.17) is 0 Å². The van der Waals surface area contributed by atoms with Gasteiger partial charge in [0.05, 0.1) is 23.8 Å². The van der Waals surface area contributed by atoms with E-state index in [0.717, 1.165) is 10.7 Å². The van der Waals surface area contributed by atoms with E-state index in [1.54, 1.807) is 12.1 Å². The van der Waals surface area contributed by atoms with Gasteiger partial charge in [-0.1, -0.05) is 12.1 Å². The van der Waals surface area contributed by atoms with E-state index in [-0.39, 0.29) is 5.75 Å². The molecular formula is C21H14F3N5O2. The molecule has 0 bridgehead atoms. The van der Waals surface area contributed by atoms with Crippen molar-refractivity contribution in [2.24, 2.45) is 0 Å². The van der Waals surface area contributed by atoms with Crippen LogP contribution < -0.4 is 5.32 Å². The number of anilines is 1. The number of hydrogen-bond donors (Lipinski definition) is 2. The summed E-state index contributed by atoms with van der Waals surface area (Å²) < 4.78 is 39.1. The number of rotatable bonds is 4. The predicted molar refractivity (Wildman–Crippen MR) is 106 cm³/mol. The minimum Gasteiger partial charge on any atom is -0.508 e. The van der Waals surface area contributed by atoms with Crippen LogP contribution in [0.25, 0.3) is 17.1 Å². The Kier molecular flexibility index (Phi) is 5.12. The number of alkyl halides is 3. The highest BCUT2D eigenvalue weighted by Gasteiger charge is 2.33. The first-order chi connectivity index (χ1) is 14.8. The number of phenols is 1. The fourth-order valence-corrected chi connectivity index (χ4v) is 2.77. The van der Waals surface area contributed by atoms with Crippen molar-refractivity contribution in [2.45, 2.75) is 6.18 Å². The normalized spacial score (nSPS) is 11.3. The lowest BCUT2D eigenvalue weighted by Crippen LogP contribution is -2.12. The Morgan fingerprint density at radius 3 is 2.32 bits per heavy atom. The molecule has 4 aromatic rings. The van der Waals surface area contributed by atoms with Gasteiger partial charge in [0.15, 0.2) is 11.5 Å². The number of aromatic nitrogens is 4. The molecule has 2 heterocycles. The van der Waals surface area contributed by atoms with E-state index in [2.05, 4.69) is 20.4 Å². The van der Waals surface area contributed by atoms with Gasteiger partial charge in [0.25, 0.3) is 5.91 Å². The number of carbonyl (C=O) groups excluding carboxylic acids is 1. The lowest BCUT2D eigenvalue weighted by Gasteiger charge is -2.07. The topological polar surface area (TPSA) is 92.9 Å². The Morgan fingerprint density at radius 2 is 1.71 bits per heavy atom. The minimum absolute atomic E-state index is 0.0895. The summed E-state index contributed by atoms with van der Waals surface area (Å²) in [5, 5.41) is 15.7. The molecule has 7 nitrogen and oxygen atoms in total. The van der Waals surface area contributed by atoms with Crippen LogP contribution in [0.3, 0.4) is 0 Å². The molecule has 4 rings (SSSR count). The number of nitrogens with one attached hydrogen (secondary N) is 1. The van der Waals surface area contributed by atoms with E-state index in [1.165, 1.54) is 55.0 Å². The van der Waals surface area contributed by atoms with Gasteiger partial charge < -0.3 is 10.4 Å². The quantitative estimate of drug-likeness (QED) is 0.508. The smallest absolute Gasteiger partial charge is 0.435 e. The van der Waals surface area contributed by atoms with E-state index in [0.29, 0.717) is 28.3 Å². The first-order valence-electron chi connectivity index (χ1n) is 8.96. The molecule has 0 unspecified atom stereocenters. The van der Waals surface area contributed by atoms with Crippen molar-refractivity contribution in [1.29, 1.82) is 0 Å². The van der Waals surface area contributed by atoms with Gasteiger partial charge in [0.1, 0.15) is 5.75 Å². The molecule has 0 aliphatic heterocycles. The molecular weight excluding hydrogens is 411 g/mol. The molecule has 0 saturated carbocycles. The van der Waals surface area contributed by atoms with Crippen LogP contribution in [-0.2, 0) is 6.18 Å². The predicted octanol–water partition coefficient (Wildman–Crippen LogP) is 4.31. The Labute approximate surface area is 173 Å². The number of nitrogens with zero attached hydrogens (tertiary/aromatic N) is 4. The Hall–Kier alpha value is -4.21. The molecule has 31 heavy (non-hydrogen) atoms. The summed E-state index contributed by atoms with van der Waals surface area (Å²) in [7, 11) is 0. The third-order valence-electron chi connectivity index (χ3n) is 4.29. The van der Waals surface area contributed by atoms with Crippen molar-refractivity contribution in [3.63, 3.8) is 0 Å². The fraction of sp³-hybridized carbons (Fsp3) is 0.0476. The summed E-state index contributed by atoms with van der Waals surface area (Å²) in [5.41, 5.74) is 0.666. The molecule has 0 spiro atoms. The van der Waals surface area contributed by atoms with Crippen LogP contribution in [0.1, 0.15) is 16.1 Å². The molecule has 1 amide bonds. The maximum absolute atomic E-state index is 12.7. The molecule has 10 heteroatoms. The van der Waals surface area contributed by atoms with Crippen molar-refractivity contribution < 1.29 is 23.1 Å². The van der Waals surface area contributed by atoms with Gasteiger partial charge in [-0.2, -0.15) is 18.3 Å². The standard InChI is InChI=1S/C21H14F3N5O2/c22-21(23,24)18-8-9-29(28-18)16-6-4-13(5-7-16)20(31)27-15-11-25-19(26-12-15)14-2-1-3-17(30)10-14/h1-12,30H,(H,27,31). The molecule has 0 atom stereocenters. The van der Waals surface area contributed by atoms with Crippen LogP contribution in [0.2, 0.25) is 0 Å². The molecule has 0 aliphatic carbocycles. The van der Waals surface area contributed by atoms with Crippen molar-refractivity contribution in [1.82, 2.24) is 19.7 Å². The first kappa shape index (κ1) is 20.1. The second kappa shape index (κ2) is 7.90. The average molecular weight is 425 g/mol. The van der Waals surface area contributed by atoms with Gasteiger partial charge in [-0.3, -0.25) is 4.79 Å². The molecule has 2 aromatic heterocycles. The SMILES string of the molecule is O=C(Nc1cnc(-c2cccc(O)c2)nc1)c1ccc(-n2ccc(C(F)(F)F)n2)cc1. The molecule has 0 radical (unpaired) electrons. The highest BCUT2D eigenvalue weighted by molar-refractivity contribution is 6.04. The number of benzene rings is 2. The summed E-state index contributed by atoms with van der Waals surface area (Å²) in [6.07, 6.45) is -0.463. The zero-order valence-electron chi connectivity index (χ0n) is 15.7. The highest BCUT2D eigenvalue weighted by atomic mass is 19.4. The zero-order chi connectivity index (χ0) is 22.0. The van der Waals surface area contributed by atoms with Crippen LogP contribution in [-0.4, -0.2) is 30.8 Å². The number of aromatic hydroxyl groups is 1. The Bertz CT molecular complexity index is 1220. The summed E-state index contributed by atoms with van der Waals surface area (Å²) in [5.74, 6) is 0.0408. The number of amides is 1. The van der Waals surface area contributed by atoms with Crippen molar-refractivity contribution >= 4 is 11.6 Å². The van der Waals surface area contributed by atoms with E-state index < -0.39 is 17.8 Å². The maximum Gasteiger partial charge on any atom is 0.435 e. The number of carbonyl (C=O) groups is 1. The lowest BCUT2D eigenvalue weighted by atomic mass is 10.2. The summed E-state index contributed by atoms with van der Waals surface area (Å²) in [6, 6.07) is 13.3. The minimum atomic E-state index is -4.52. The molecule has 0 aliphatic rings. The van der Waals surface area contributed by atoms with Crippen LogP contribution in [0.15, 0.2) is 73.2 Å². The largest absolute Gasteiger partial charge is 0.508 e. The highest BCUT2D eigenvalue weighted by Crippen LogP contribution is 2.28. The van der Waals surface area contributed by atoms with E-state index >= 15 is 0 Å². The van der Waals surface area contributed by atoms with Crippen LogP contribution in [0.4, 0.5) is 18.9 Å². The number of hydrogen-bond acceptors (Lipinski definition) is 5. The zero-order valence-corrected chi connectivity index (χ0v) is 15.7. The molecule has 0 saturated heterocycles. The van der Waals surface area contributed by atoms with Crippen molar-refractivity contribution in [2.75, 3.05) is 5.32 Å². The maximum atomic E-state index is 12.7. The van der Waals surface area contributed by atoms with Crippen LogP contribution in [0, 0.1) is 0 Å². The van der Waals surface area contributed by atoms with E-state index in [1.807, 2.05) is 0 Å². The average Bonchev–Trinajstić information content (AvgIpc) is 3.25. The van der Waals surface area contributed by atoms with Gasteiger partial charge in [-0.25, -0.2) is 14.6 Å². The van der Waals surface area contributed by atoms with Gasteiger partial charge in [0.2, 0.25) is 0 Å². The molecule has 2 N–H and O–H groups in total. The molecule has 0 fully saturated rings. The summed E-state index contributed by atoms with van der Waals surface area (Å²) in [4.78, 5) is 20.8. The van der Waals surface area contributed by atoms with Crippen LogP contribution in [0.5, 0.6) is 5.75 Å². The number of halogens is 3. The third kappa shape index (κ3) is 4.53. The monoisotopic (exact) mass is 425 g/mol. The fourth-order valence-electron chi connectivity index (χ4n) is 2.77. The second-order valence-electron chi connectivity index (χ2n) is 6.49. The Balaban J connectivity index is 1.44. The lowest BCUT2D eigenvalue weighted by molar-refractivity contribution is -0.141. The van der Waals surface area contributed by atoms with Gasteiger partial charge >= 0.3 is 6.18 Å². The van der Waals surface area contributed by atoms with Gasteiger partial charge in [0, 0.05) is 17.3 Å². The van der Waals surface area contributed by atoms with Gasteiger partial charge in [-0.15, -0.1) is 0 Å². The first-order valence-corrected chi connectivity index (χ1v) is 8.96. The van der Waals surface area contributed by atoms with Crippen molar-refractivity contribution in [3.05, 3.63) is 84.4 Å². The summed E-state index contributed by atoms with van der Waals surface area (Å²) in [6.45, 7) is 0. The van der Waals surface area contributed by atoms with Gasteiger partial charge in [-0.05, 0) is 42.5 Å². The third-order valence-corrected chi connectivity index (χ3v) is 4.29. The van der Waals surface area contributed by atoms with Crippen molar-refractivity contribution in [3.8, 4) is 22.8 Å². The summed E-state index contributed by atoms with van der Waals surface area (Å²) >= 11 is 0. The van der Waals surface area contributed by atoms with E-state index in [9.17, 15) is 23.1 Å².